The largest absolute Gasteiger partial charge is 0.493 e. The fourth-order valence-electron chi connectivity index (χ4n) is 0.715. The van der Waals surface area contributed by atoms with Crippen LogP contribution >= 0.6 is 11.6 Å². The Morgan fingerprint density at radius 3 is 2.60 bits per heavy atom. The summed E-state index contributed by atoms with van der Waals surface area (Å²) in [6, 6.07) is 5.73. The van der Waals surface area contributed by atoms with Crippen molar-refractivity contribution in [1.82, 2.24) is 0 Å². The summed E-state index contributed by atoms with van der Waals surface area (Å²) in [4.78, 5) is 14.1. The minimum absolute atomic E-state index is 0.153. The summed E-state index contributed by atoms with van der Waals surface area (Å²) < 4.78 is 35.1. The molecule has 0 aromatic heterocycles. The number of hydrogen-bond donors (Lipinski definition) is 1. The standard InChI is InChI=1S/C8H5ClF3NO2/c9-5-2-1-3-6(4-5)13-15-7(14)8(10,11)12/h1-4,13H. The number of hydrogen-bond acceptors (Lipinski definition) is 3. The number of benzene rings is 1. The van der Waals surface area contributed by atoms with Gasteiger partial charge in [0.2, 0.25) is 0 Å². The number of rotatable bonds is 2. The second kappa shape index (κ2) is 4.39. The van der Waals surface area contributed by atoms with Crippen molar-refractivity contribution < 1.29 is 22.8 Å². The molecule has 7 heteroatoms. The predicted molar refractivity (Wildman–Crippen MR) is 47.2 cm³/mol. The lowest BCUT2D eigenvalue weighted by Gasteiger charge is -2.08. The van der Waals surface area contributed by atoms with E-state index >= 15 is 0 Å². The molecule has 82 valence electrons. The molecule has 0 saturated heterocycles. The van der Waals surface area contributed by atoms with Gasteiger partial charge in [-0.05, 0) is 18.2 Å². The molecule has 1 aromatic rings. The smallest absolute Gasteiger partial charge is 0.335 e. The molecule has 0 atom stereocenters. The Morgan fingerprint density at radius 2 is 2.07 bits per heavy atom. The highest BCUT2D eigenvalue weighted by Crippen LogP contribution is 2.18. The van der Waals surface area contributed by atoms with Gasteiger partial charge in [-0.2, -0.15) is 13.2 Å². The van der Waals surface area contributed by atoms with Crippen LogP contribution in [0.4, 0.5) is 18.9 Å². The molecule has 0 aliphatic carbocycles. The molecule has 3 nitrogen and oxygen atoms in total. The third kappa shape index (κ3) is 3.67. The molecular weight excluding hydrogens is 235 g/mol. The maximum Gasteiger partial charge on any atom is 0.493 e. The summed E-state index contributed by atoms with van der Waals surface area (Å²) in [6.45, 7) is 0. The number of halogens is 4. The molecule has 0 bridgehead atoms. The van der Waals surface area contributed by atoms with Gasteiger partial charge >= 0.3 is 12.1 Å². The van der Waals surface area contributed by atoms with Crippen molar-refractivity contribution in [2.24, 2.45) is 0 Å². The van der Waals surface area contributed by atoms with Gasteiger partial charge in [-0.15, -0.1) is 0 Å². The molecule has 0 radical (unpaired) electrons. The van der Waals surface area contributed by atoms with Crippen molar-refractivity contribution in [3.05, 3.63) is 29.3 Å². The summed E-state index contributed by atoms with van der Waals surface area (Å²) >= 11 is 5.55. The van der Waals surface area contributed by atoms with Crippen molar-refractivity contribution in [1.29, 1.82) is 0 Å². The van der Waals surface area contributed by atoms with Crippen molar-refractivity contribution in [2.75, 3.05) is 5.48 Å². The zero-order valence-corrected chi connectivity index (χ0v) is 7.89. The van der Waals surface area contributed by atoms with Gasteiger partial charge in [-0.3, -0.25) is 0 Å². The fraction of sp³-hybridized carbons (Fsp3) is 0.125. The van der Waals surface area contributed by atoms with Crippen LogP contribution in [0.3, 0.4) is 0 Å². The molecule has 0 aliphatic heterocycles. The van der Waals surface area contributed by atoms with Gasteiger partial charge in [0.1, 0.15) is 0 Å². The lowest BCUT2D eigenvalue weighted by molar-refractivity contribution is -0.196. The van der Waals surface area contributed by atoms with Gasteiger partial charge in [-0.25, -0.2) is 10.3 Å². The summed E-state index contributed by atoms with van der Waals surface area (Å²) in [5, 5.41) is 0.308. The highest BCUT2D eigenvalue weighted by atomic mass is 35.5. The molecule has 15 heavy (non-hydrogen) atoms. The maximum atomic E-state index is 11.7. The molecule has 0 unspecified atom stereocenters. The van der Waals surface area contributed by atoms with E-state index in [9.17, 15) is 18.0 Å². The van der Waals surface area contributed by atoms with E-state index in [-0.39, 0.29) is 5.69 Å². The third-order valence-corrected chi connectivity index (χ3v) is 1.55. The van der Waals surface area contributed by atoms with E-state index in [2.05, 4.69) is 4.84 Å². The van der Waals surface area contributed by atoms with E-state index in [4.69, 9.17) is 11.6 Å². The van der Waals surface area contributed by atoms with E-state index < -0.39 is 12.1 Å². The molecule has 0 amide bonds. The zero-order chi connectivity index (χ0) is 11.5. The zero-order valence-electron chi connectivity index (χ0n) is 7.14. The van der Waals surface area contributed by atoms with Crippen LogP contribution in [0.2, 0.25) is 5.02 Å². The maximum absolute atomic E-state index is 11.7. The van der Waals surface area contributed by atoms with Crippen LogP contribution < -0.4 is 5.48 Å². The van der Waals surface area contributed by atoms with E-state index in [1.165, 1.54) is 24.3 Å². The minimum Gasteiger partial charge on any atom is -0.335 e. The van der Waals surface area contributed by atoms with Gasteiger partial charge in [0, 0.05) is 5.02 Å². The van der Waals surface area contributed by atoms with Crippen LogP contribution in [0.1, 0.15) is 0 Å². The van der Waals surface area contributed by atoms with Crippen LogP contribution in [0.25, 0.3) is 0 Å². The molecule has 1 N–H and O–H groups in total. The Balaban J connectivity index is 2.55. The Hall–Kier alpha value is -1.43. The molecular formula is C8H5ClF3NO2. The Kier molecular flexibility index (Phi) is 3.41. The lowest BCUT2D eigenvalue weighted by Crippen LogP contribution is -2.27. The van der Waals surface area contributed by atoms with Gasteiger partial charge < -0.3 is 4.84 Å². The average Bonchev–Trinajstić information content (AvgIpc) is 2.12. The van der Waals surface area contributed by atoms with Gasteiger partial charge in [0.05, 0.1) is 5.69 Å². The van der Waals surface area contributed by atoms with Crippen molar-refractivity contribution in [2.45, 2.75) is 6.18 Å². The van der Waals surface area contributed by atoms with E-state index in [1.54, 1.807) is 0 Å². The molecule has 1 rings (SSSR count). The van der Waals surface area contributed by atoms with Crippen LogP contribution in [0.15, 0.2) is 24.3 Å². The van der Waals surface area contributed by atoms with Crippen LogP contribution in [-0.4, -0.2) is 12.1 Å². The summed E-state index contributed by atoms with van der Waals surface area (Å²) in [6.07, 6.45) is -5.02. The monoisotopic (exact) mass is 239 g/mol. The SMILES string of the molecule is O=C(ONc1cccc(Cl)c1)C(F)(F)F. The Labute approximate surface area is 87.7 Å². The van der Waals surface area contributed by atoms with E-state index in [1.807, 2.05) is 5.48 Å². The first kappa shape index (κ1) is 11.6. The topological polar surface area (TPSA) is 38.3 Å². The first-order valence-electron chi connectivity index (χ1n) is 3.69. The molecule has 0 spiro atoms. The third-order valence-electron chi connectivity index (χ3n) is 1.32. The number of anilines is 1. The molecule has 0 saturated carbocycles. The van der Waals surface area contributed by atoms with E-state index in [0.717, 1.165) is 0 Å². The normalized spacial score (nSPS) is 10.9. The second-order valence-corrected chi connectivity index (χ2v) is 2.94. The molecule has 1 aromatic carbocycles. The first-order valence-corrected chi connectivity index (χ1v) is 4.07. The Bertz CT molecular complexity index is 367. The predicted octanol–water partition coefficient (Wildman–Crippen LogP) is 2.77. The van der Waals surface area contributed by atoms with Crippen LogP contribution in [0.5, 0.6) is 0 Å². The second-order valence-electron chi connectivity index (χ2n) is 2.50. The summed E-state index contributed by atoms with van der Waals surface area (Å²) in [5.74, 6) is -2.32. The highest BCUT2D eigenvalue weighted by molar-refractivity contribution is 6.30. The quantitative estimate of drug-likeness (QED) is 0.807. The van der Waals surface area contributed by atoms with Crippen molar-refractivity contribution in [3.63, 3.8) is 0 Å². The summed E-state index contributed by atoms with van der Waals surface area (Å²) in [7, 11) is 0. The average molecular weight is 240 g/mol. The lowest BCUT2D eigenvalue weighted by atomic mass is 10.3. The number of carbonyl (C=O) groups excluding carboxylic acids is 1. The van der Waals surface area contributed by atoms with Gasteiger partial charge in [-0.1, -0.05) is 17.7 Å². The van der Waals surface area contributed by atoms with Gasteiger partial charge in [0.25, 0.3) is 0 Å². The number of nitrogens with one attached hydrogen (secondary N) is 1. The van der Waals surface area contributed by atoms with E-state index in [0.29, 0.717) is 5.02 Å². The Morgan fingerprint density at radius 1 is 1.40 bits per heavy atom. The number of alkyl halides is 3. The van der Waals surface area contributed by atoms with Crippen LogP contribution in [-0.2, 0) is 9.63 Å². The first-order chi connectivity index (χ1) is 6.89. The number of carbonyl (C=O) groups is 1. The molecule has 0 aliphatic rings. The molecule has 0 heterocycles. The van der Waals surface area contributed by atoms with Gasteiger partial charge in [0.15, 0.2) is 0 Å². The summed E-state index contributed by atoms with van der Waals surface area (Å²) in [5.41, 5.74) is 1.99. The van der Waals surface area contributed by atoms with Crippen LogP contribution in [0, 0.1) is 0 Å². The highest BCUT2D eigenvalue weighted by Gasteiger charge is 2.41. The van der Waals surface area contributed by atoms with Crippen molar-refractivity contribution >= 4 is 23.3 Å². The minimum atomic E-state index is -5.02. The van der Waals surface area contributed by atoms with Crippen molar-refractivity contribution in [3.8, 4) is 0 Å². The fourth-order valence-corrected chi connectivity index (χ4v) is 0.905. The molecule has 0 fully saturated rings.